The number of carbonyl (C=O) groups excluding carboxylic acids is 1. The zero-order valence-corrected chi connectivity index (χ0v) is 14.8. The summed E-state index contributed by atoms with van der Waals surface area (Å²) in [5.41, 5.74) is 2.38. The molecule has 1 unspecified atom stereocenters. The zero-order valence-electron chi connectivity index (χ0n) is 14.0. The minimum atomic E-state index is -0.828. The minimum Gasteiger partial charge on any atom is -0.347 e. The van der Waals surface area contributed by atoms with Crippen molar-refractivity contribution in [1.82, 2.24) is 4.57 Å². The number of anilines is 1. The van der Waals surface area contributed by atoms with Crippen LogP contribution in [0.15, 0.2) is 42.6 Å². The molecule has 0 bridgehead atoms. The van der Waals surface area contributed by atoms with E-state index in [4.69, 9.17) is 0 Å². The molecule has 0 spiro atoms. The van der Waals surface area contributed by atoms with Crippen molar-refractivity contribution in [2.24, 2.45) is 7.05 Å². The van der Waals surface area contributed by atoms with Gasteiger partial charge in [0.25, 0.3) is 5.91 Å². The number of hydrogen-bond donors (Lipinski definition) is 1. The van der Waals surface area contributed by atoms with Crippen LogP contribution in [0, 0.1) is 0 Å². The van der Waals surface area contributed by atoms with E-state index in [-0.39, 0.29) is 5.91 Å². The average Bonchev–Trinajstić information content (AvgIpc) is 3.02. The van der Waals surface area contributed by atoms with Crippen LogP contribution in [0.25, 0.3) is 0 Å². The van der Waals surface area contributed by atoms with E-state index in [2.05, 4.69) is 5.32 Å². The van der Waals surface area contributed by atoms with Crippen molar-refractivity contribution >= 4 is 22.4 Å². The van der Waals surface area contributed by atoms with Gasteiger partial charge in [-0.3, -0.25) is 9.00 Å². The lowest BCUT2D eigenvalue weighted by molar-refractivity contribution is 0.101. The largest absolute Gasteiger partial charge is 0.347 e. The Bertz CT molecular complexity index is 732. The molecular weight excluding hydrogens is 320 g/mol. The van der Waals surface area contributed by atoms with Gasteiger partial charge in [0.05, 0.1) is 0 Å². The maximum Gasteiger partial charge on any atom is 0.272 e. The predicted molar refractivity (Wildman–Crippen MR) is 98.5 cm³/mol. The van der Waals surface area contributed by atoms with Crippen LogP contribution in [-0.2, 0) is 23.6 Å². The van der Waals surface area contributed by atoms with E-state index in [0.29, 0.717) is 16.7 Å². The van der Waals surface area contributed by atoms with Crippen LogP contribution in [0.5, 0.6) is 0 Å². The van der Waals surface area contributed by atoms with Crippen molar-refractivity contribution in [2.75, 3.05) is 5.32 Å². The molecule has 4 nitrogen and oxygen atoms in total. The Labute approximate surface area is 145 Å². The van der Waals surface area contributed by atoms with Gasteiger partial charge in [-0.05, 0) is 42.7 Å². The first-order valence-corrected chi connectivity index (χ1v) is 9.90. The molecular formula is C19H24N2O2S. The third kappa shape index (κ3) is 4.15. The van der Waals surface area contributed by atoms with E-state index in [1.54, 1.807) is 10.6 Å². The van der Waals surface area contributed by atoms with Crippen molar-refractivity contribution in [3.8, 4) is 0 Å². The molecule has 5 heteroatoms. The highest BCUT2D eigenvalue weighted by molar-refractivity contribution is 7.84. The van der Waals surface area contributed by atoms with Crippen molar-refractivity contribution in [3.63, 3.8) is 0 Å². The summed E-state index contributed by atoms with van der Waals surface area (Å²) in [5.74, 6) is 0.437. The van der Waals surface area contributed by atoms with Crippen LogP contribution in [0.1, 0.15) is 48.2 Å². The van der Waals surface area contributed by atoms with E-state index >= 15 is 0 Å². The molecule has 1 aliphatic rings. The summed E-state index contributed by atoms with van der Waals surface area (Å²) in [5, 5.41) is 3.25. The molecule has 24 heavy (non-hydrogen) atoms. The number of benzene rings is 1. The highest BCUT2D eigenvalue weighted by atomic mass is 32.2. The van der Waals surface area contributed by atoms with E-state index in [9.17, 15) is 9.00 Å². The van der Waals surface area contributed by atoms with Gasteiger partial charge in [-0.25, -0.2) is 0 Å². The number of carbonyl (C=O) groups is 1. The van der Waals surface area contributed by atoms with Crippen molar-refractivity contribution < 1.29 is 9.00 Å². The Kier molecular flexibility index (Phi) is 5.51. The molecule has 1 aromatic heterocycles. The fourth-order valence-electron chi connectivity index (χ4n) is 3.24. The fraction of sp³-hybridized carbons (Fsp3) is 0.421. The second-order valence-electron chi connectivity index (χ2n) is 6.44. The molecule has 1 aliphatic carbocycles. The van der Waals surface area contributed by atoms with Gasteiger partial charge in [-0.1, -0.05) is 31.4 Å². The Morgan fingerprint density at radius 3 is 2.71 bits per heavy atom. The number of nitrogens with one attached hydrogen (secondary N) is 1. The quantitative estimate of drug-likeness (QED) is 0.895. The van der Waals surface area contributed by atoms with Gasteiger partial charge in [-0.2, -0.15) is 0 Å². The molecule has 2 aromatic rings. The third-order valence-electron chi connectivity index (χ3n) is 4.59. The number of aryl methyl sites for hydroxylation is 1. The van der Waals surface area contributed by atoms with Crippen LogP contribution in [-0.4, -0.2) is 19.9 Å². The molecule has 1 N–H and O–H groups in total. The monoisotopic (exact) mass is 344 g/mol. The Balaban J connectivity index is 1.64. The summed E-state index contributed by atoms with van der Waals surface area (Å²) in [4.78, 5) is 12.3. The highest BCUT2D eigenvalue weighted by Gasteiger charge is 2.20. The average molecular weight is 344 g/mol. The van der Waals surface area contributed by atoms with Gasteiger partial charge in [0, 0.05) is 40.7 Å². The molecule has 1 fully saturated rings. The third-order valence-corrected chi connectivity index (χ3v) is 6.43. The lowest BCUT2D eigenvalue weighted by Crippen LogP contribution is -2.20. The van der Waals surface area contributed by atoms with Crippen LogP contribution < -0.4 is 5.32 Å². The number of rotatable bonds is 5. The number of aromatic nitrogens is 1. The summed E-state index contributed by atoms with van der Waals surface area (Å²) in [6.07, 6.45) is 7.67. The Morgan fingerprint density at radius 2 is 2.00 bits per heavy atom. The van der Waals surface area contributed by atoms with Crippen LogP contribution >= 0.6 is 0 Å². The first kappa shape index (κ1) is 17.0. The van der Waals surface area contributed by atoms with Gasteiger partial charge < -0.3 is 9.88 Å². The van der Waals surface area contributed by atoms with Gasteiger partial charge in [0.2, 0.25) is 0 Å². The molecule has 1 amide bonds. The van der Waals surface area contributed by atoms with Crippen LogP contribution in [0.4, 0.5) is 5.69 Å². The second kappa shape index (κ2) is 7.79. The summed E-state index contributed by atoms with van der Waals surface area (Å²) in [6, 6.07) is 11.3. The lowest BCUT2D eigenvalue weighted by Gasteiger charge is -2.21. The van der Waals surface area contributed by atoms with Crippen molar-refractivity contribution in [1.29, 1.82) is 0 Å². The predicted octanol–water partition coefficient (Wildman–Crippen LogP) is 3.86. The molecule has 3 rings (SSSR count). The standard InChI is InChI=1S/C19H24N2O2S/c1-21-12-6-11-18(21)19(22)20-16-8-5-7-15(13-16)14-24(23)17-9-3-2-4-10-17/h5-8,11-13,17H,2-4,9-10,14H2,1H3,(H,20,22). The molecule has 1 saturated carbocycles. The number of amides is 1. The van der Waals surface area contributed by atoms with E-state index in [0.717, 1.165) is 24.1 Å². The summed E-state index contributed by atoms with van der Waals surface area (Å²) >= 11 is 0. The second-order valence-corrected chi connectivity index (χ2v) is 8.16. The molecule has 0 saturated heterocycles. The maximum absolute atomic E-state index is 12.6. The SMILES string of the molecule is Cn1cccc1C(=O)Nc1cccc(CS(=O)C2CCCCC2)c1. The van der Waals surface area contributed by atoms with Gasteiger partial charge in [-0.15, -0.1) is 0 Å². The van der Waals surface area contributed by atoms with E-state index in [1.807, 2.05) is 43.6 Å². The van der Waals surface area contributed by atoms with Gasteiger partial charge in [0.15, 0.2) is 0 Å². The Morgan fingerprint density at radius 1 is 1.21 bits per heavy atom. The van der Waals surface area contributed by atoms with Gasteiger partial charge in [0.1, 0.15) is 5.69 Å². The molecule has 0 radical (unpaired) electrons. The normalized spacial score (nSPS) is 16.7. The Hall–Kier alpha value is -1.88. The van der Waals surface area contributed by atoms with Crippen molar-refractivity contribution in [3.05, 3.63) is 53.9 Å². The van der Waals surface area contributed by atoms with E-state index < -0.39 is 10.8 Å². The molecule has 1 aromatic carbocycles. The molecule has 1 atom stereocenters. The molecule has 0 aliphatic heterocycles. The highest BCUT2D eigenvalue weighted by Crippen LogP contribution is 2.24. The number of hydrogen-bond acceptors (Lipinski definition) is 2. The molecule has 1 heterocycles. The maximum atomic E-state index is 12.6. The summed E-state index contributed by atoms with van der Waals surface area (Å²) < 4.78 is 14.3. The summed E-state index contributed by atoms with van der Waals surface area (Å²) in [6.45, 7) is 0. The fourth-order valence-corrected chi connectivity index (χ4v) is 4.84. The van der Waals surface area contributed by atoms with Gasteiger partial charge >= 0.3 is 0 Å². The lowest BCUT2D eigenvalue weighted by atomic mass is 10.0. The van der Waals surface area contributed by atoms with Crippen molar-refractivity contribution in [2.45, 2.75) is 43.1 Å². The summed E-state index contributed by atoms with van der Waals surface area (Å²) in [7, 11) is 1.02. The topological polar surface area (TPSA) is 51.1 Å². The van der Waals surface area contributed by atoms with E-state index in [1.165, 1.54) is 19.3 Å². The van der Waals surface area contributed by atoms with Crippen LogP contribution in [0.2, 0.25) is 0 Å². The van der Waals surface area contributed by atoms with Crippen LogP contribution in [0.3, 0.4) is 0 Å². The molecule has 128 valence electrons. The first-order chi connectivity index (χ1) is 11.6. The number of nitrogens with zero attached hydrogens (tertiary/aromatic N) is 1. The smallest absolute Gasteiger partial charge is 0.272 e. The zero-order chi connectivity index (χ0) is 16.9. The first-order valence-electron chi connectivity index (χ1n) is 8.52. The minimum absolute atomic E-state index is 0.131.